The van der Waals surface area contributed by atoms with Gasteiger partial charge in [-0.25, -0.2) is 9.69 Å². The summed E-state index contributed by atoms with van der Waals surface area (Å²) < 4.78 is 0. The van der Waals surface area contributed by atoms with Crippen LogP contribution in [0.2, 0.25) is 0 Å². The van der Waals surface area contributed by atoms with Gasteiger partial charge in [-0.2, -0.15) is 0 Å². The van der Waals surface area contributed by atoms with Crippen LogP contribution in [0.3, 0.4) is 0 Å². The Labute approximate surface area is 132 Å². The van der Waals surface area contributed by atoms with Crippen molar-refractivity contribution in [3.63, 3.8) is 0 Å². The van der Waals surface area contributed by atoms with E-state index in [1.165, 1.54) is 4.90 Å². The highest BCUT2D eigenvalue weighted by Gasteiger charge is 2.39. The molecule has 1 aliphatic heterocycles. The van der Waals surface area contributed by atoms with Gasteiger partial charge >= 0.3 is 6.03 Å². The summed E-state index contributed by atoms with van der Waals surface area (Å²) >= 11 is 0. The number of hydrogen-bond donors (Lipinski definition) is 2. The molecule has 2 aromatic carbocycles. The number of nitrogens with one attached hydrogen (secondary N) is 2. The maximum atomic E-state index is 12.6. The number of aromatic nitrogens is 1. The number of benzene rings is 2. The van der Waals surface area contributed by atoms with E-state index in [-0.39, 0.29) is 11.9 Å². The minimum Gasteiger partial charge on any atom is -0.361 e. The van der Waals surface area contributed by atoms with Crippen molar-refractivity contribution in [1.29, 1.82) is 0 Å². The van der Waals surface area contributed by atoms with E-state index in [2.05, 4.69) is 10.3 Å². The number of nitrogens with zero attached hydrogens (tertiary/aromatic N) is 1. The molecule has 1 atom stereocenters. The molecule has 23 heavy (non-hydrogen) atoms. The molecule has 4 rings (SSSR count). The number of para-hydroxylation sites is 2. The van der Waals surface area contributed by atoms with Crippen molar-refractivity contribution in [2.45, 2.75) is 12.5 Å². The summed E-state index contributed by atoms with van der Waals surface area (Å²) in [5.41, 5.74) is 2.64. The van der Waals surface area contributed by atoms with Crippen LogP contribution in [-0.4, -0.2) is 23.0 Å². The zero-order valence-corrected chi connectivity index (χ0v) is 12.3. The number of anilines is 1. The fraction of sp³-hybridized carbons (Fsp3) is 0.111. The number of H-pyrrole nitrogens is 1. The Bertz CT molecular complexity index is 885. The van der Waals surface area contributed by atoms with Crippen molar-refractivity contribution in [2.24, 2.45) is 0 Å². The quantitative estimate of drug-likeness (QED) is 0.731. The highest BCUT2D eigenvalue weighted by atomic mass is 16.2. The number of aromatic amines is 1. The van der Waals surface area contributed by atoms with Gasteiger partial charge in [0.05, 0.1) is 5.69 Å². The van der Waals surface area contributed by atoms with Crippen molar-refractivity contribution in [3.05, 3.63) is 66.4 Å². The number of fused-ring (bicyclic) bond motifs is 1. The van der Waals surface area contributed by atoms with Crippen LogP contribution in [0.1, 0.15) is 5.56 Å². The van der Waals surface area contributed by atoms with Crippen molar-refractivity contribution < 1.29 is 9.59 Å². The lowest BCUT2D eigenvalue weighted by atomic mass is 10.0. The molecule has 114 valence electrons. The smallest absolute Gasteiger partial charge is 0.329 e. The van der Waals surface area contributed by atoms with Gasteiger partial charge in [0, 0.05) is 23.5 Å². The van der Waals surface area contributed by atoms with Crippen LogP contribution in [0.15, 0.2) is 60.8 Å². The first-order valence-corrected chi connectivity index (χ1v) is 7.48. The molecule has 0 aliphatic carbocycles. The summed E-state index contributed by atoms with van der Waals surface area (Å²) in [6.45, 7) is 0. The normalized spacial score (nSPS) is 17.7. The van der Waals surface area contributed by atoms with Crippen molar-refractivity contribution >= 4 is 28.5 Å². The molecule has 0 saturated carbocycles. The van der Waals surface area contributed by atoms with Gasteiger partial charge in [0.15, 0.2) is 0 Å². The topological polar surface area (TPSA) is 65.2 Å². The third-order valence-electron chi connectivity index (χ3n) is 4.13. The van der Waals surface area contributed by atoms with Gasteiger partial charge in [-0.05, 0) is 23.8 Å². The number of carbonyl (C=O) groups is 2. The fourth-order valence-electron chi connectivity index (χ4n) is 3.01. The van der Waals surface area contributed by atoms with Crippen molar-refractivity contribution in [3.8, 4) is 0 Å². The monoisotopic (exact) mass is 305 g/mol. The highest BCUT2D eigenvalue weighted by Crippen LogP contribution is 2.23. The largest absolute Gasteiger partial charge is 0.361 e. The van der Waals surface area contributed by atoms with E-state index in [0.29, 0.717) is 12.1 Å². The average Bonchev–Trinajstić information content (AvgIpc) is 3.10. The summed E-state index contributed by atoms with van der Waals surface area (Å²) in [6, 6.07) is 16.0. The standard InChI is InChI=1S/C18H15N3O2/c22-17-16(10-12-11-19-15-9-5-4-8-14(12)15)20-18(23)21(17)13-6-2-1-3-7-13/h1-9,11,16,19H,10H2,(H,20,23)/t16-/m0/s1. The van der Waals surface area contributed by atoms with Gasteiger partial charge < -0.3 is 10.3 Å². The average molecular weight is 305 g/mol. The SMILES string of the molecule is O=C1N[C@@H](Cc2c[nH]c3ccccc23)C(=O)N1c1ccccc1. The summed E-state index contributed by atoms with van der Waals surface area (Å²) in [7, 11) is 0. The molecule has 0 spiro atoms. The van der Waals surface area contributed by atoms with E-state index < -0.39 is 6.04 Å². The van der Waals surface area contributed by atoms with Crippen LogP contribution >= 0.6 is 0 Å². The molecule has 0 radical (unpaired) electrons. The first-order valence-electron chi connectivity index (χ1n) is 7.48. The molecular weight excluding hydrogens is 290 g/mol. The van der Waals surface area contributed by atoms with Crippen molar-refractivity contribution in [1.82, 2.24) is 10.3 Å². The van der Waals surface area contributed by atoms with Crippen LogP contribution in [-0.2, 0) is 11.2 Å². The Balaban J connectivity index is 1.61. The minimum absolute atomic E-state index is 0.216. The van der Waals surface area contributed by atoms with Crippen LogP contribution in [0.25, 0.3) is 10.9 Å². The number of hydrogen-bond acceptors (Lipinski definition) is 2. The molecular formula is C18H15N3O2. The highest BCUT2D eigenvalue weighted by molar-refractivity contribution is 6.21. The Hall–Kier alpha value is -3.08. The first kappa shape index (κ1) is 13.6. The van der Waals surface area contributed by atoms with Gasteiger partial charge in [0.2, 0.25) is 0 Å². The molecule has 1 aliphatic rings. The lowest BCUT2D eigenvalue weighted by Gasteiger charge is -2.12. The maximum Gasteiger partial charge on any atom is 0.329 e. The molecule has 0 unspecified atom stereocenters. The molecule has 3 amide bonds. The second kappa shape index (κ2) is 5.28. The summed E-state index contributed by atoms with van der Waals surface area (Å²) in [5, 5.41) is 3.86. The minimum atomic E-state index is -0.540. The van der Waals surface area contributed by atoms with Crippen LogP contribution in [0, 0.1) is 0 Å². The molecule has 5 heteroatoms. The zero-order chi connectivity index (χ0) is 15.8. The van der Waals surface area contributed by atoms with Gasteiger partial charge in [0.1, 0.15) is 6.04 Å². The number of imide groups is 1. The summed E-state index contributed by atoms with van der Waals surface area (Å²) in [5.74, 6) is -0.216. The molecule has 2 N–H and O–H groups in total. The van der Waals surface area contributed by atoms with E-state index in [0.717, 1.165) is 16.5 Å². The Morgan fingerprint density at radius 3 is 2.52 bits per heavy atom. The number of carbonyl (C=O) groups excluding carboxylic acids is 2. The first-order chi connectivity index (χ1) is 11.2. The Morgan fingerprint density at radius 2 is 1.70 bits per heavy atom. The van der Waals surface area contributed by atoms with Crippen LogP contribution in [0.5, 0.6) is 0 Å². The second-order valence-corrected chi connectivity index (χ2v) is 5.57. The third-order valence-corrected chi connectivity index (χ3v) is 4.13. The predicted octanol–water partition coefficient (Wildman–Crippen LogP) is 2.84. The number of amides is 3. The fourth-order valence-corrected chi connectivity index (χ4v) is 3.01. The van der Waals surface area contributed by atoms with E-state index in [1.54, 1.807) is 12.1 Å². The van der Waals surface area contributed by atoms with Gasteiger partial charge in [0.25, 0.3) is 5.91 Å². The molecule has 2 heterocycles. The molecule has 5 nitrogen and oxygen atoms in total. The van der Waals surface area contributed by atoms with Gasteiger partial charge in [-0.15, -0.1) is 0 Å². The van der Waals surface area contributed by atoms with Crippen LogP contribution < -0.4 is 10.2 Å². The van der Waals surface area contributed by atoms with Crippen molar-refractivity contribution in [2.75, 3.05) is 4.90 Å². The van der Waals surface area contributed by atoms with Gasteiger partial charge in [-0.3, -0.25) is 4.79 Å². The molecule has 1 saturated heterocycles. The Morgan fingerprint density at radius 1 is 0.957 bits per heavy atom. The third kappa shape index (κ3) is 2.26. The summed E-state index contributed by atoms with van der Waals surface area (Å²) in [4.78, 5) is 29.2. The lowest BCUT2D eigenvalue weighted by molar-refractivity contribution is -0.118. The second-order valence-electron chi connectivity index (χ2n) is 5.57. The lowest BCUT2D eigenvalue weighted by Crippen LogP contribution is -2.32. The molecule has 3 aromatic rings. The van der Waals surface area contributed by atoms with E-state index >= 15 is 0 Å². The molecule has 1 fully saturated rings. The van der Waals surface area contributed by atoms with Gasteiger partial charge in [-0.1, -0.05) is 36.4 Å². The summed E-state index contributed by atoms with van der Waals surface area (Å²) in [6.07, 6.45) is 2.37. The molecule has 1 aromatic heterocycles. The van der Waals surface area contributed by atoms with E-state index in [1.807, 2.05) is 48.7 Å². The predicted molar refractivity (Wildman–Crippen MR) is 88.3 cm³/mol. The Kier molecular flexibility index (Phi) is 3.12. The number of urea groups is 1. The number of rotatable bonds is 3. The molecule has 0 bridgehead atoms. The van der Waals surface area contributed by atoms with E-state index in [4.69, 9.17) is 0 Å². The maximum absolute atomic E-state index is 12.6. The zero-order valence-electron chi connectivity index (χ0n) is 12.3. The van der Waals surface area contributed by atoms with Crippen LogP contribution in [0.4, 0.5) is 10.5 Å². The van der Waals surface area contributed by atoms with E-state index in [9.17, 15) is 9.59 Å².